The van der Waals surface area contributed by atoms with Gasteiger partial charge in [-0.15, -0.1) is 11.3 Å². The van der Waals surface area contributed by atoms with Gasteiger partial charge in [0.15, 0.2) is 5.78 Å². The van der Waals surface area contributed by atoms with Crippen molar-refractivity contribution in [2.75, 3.05) is 31.1 Å². The normalized spacial score (nSPS) is 19.1. The summed E-state index contributed by atoms with van der Waals surface area (Å²) < 4.78 is 20.2. The van der Waals surface area contributed by atoms with Crippen molar-refractivity contribution in [3.05, 3.63) is 52.0 Å². The van der Waals surface area contributed by atoms with E-state index in [0.717, 1.165) is 25.9 Å². The number of nitrogens with one attached hydrogen (secondary N) is 2. The quantitative estimate of drug-likeness (QED) is 0.591. The number of piperidine rings is 1. The predicted molar refractivity (Wildman–Crippen MR) is 120 cm³/mol. The van der Waals surface area contributed by atoms with E-state index in [2.05, 4.69) is 10.6 Å². The number of amides is 2. The van der Waals surface area contributed by atoms with Gasteiger partial charge in [0.05, 0.1) is 23.7 Å². The lowest BCUT2D eigenvalue weighted by Crippen LogP contribution is -2.35. The molecule has 0 aliphatic carbocycles. The third kappa shape index (κ3) is 5.16. The van der Waals surface area contributed by atoms with E-state index in [1.807, 2.05) is 5.38 Å². The molecule has 0 bridgehead atoms. The number of carbonyl (C=O) groups excluding carboxylic acids is 3. The zero-order chi connectivity index (χ0) is 22.5. The number of anilines is 1. The molecular formula is C23H26FN3O4S. The van der Waals surface area contributed by atoms with E-state index in [-0.39, 0.29) is 49.4 Å². The maximum absolute atomic E-state index is 14.7. The largest absolute Gasteiger partial charge is 0.442 e. The van der Waals surface area contributed by atoms with Crippen LogP contribution in [0.1, 0.15) is 46.8 Å². The van der Waals surface area contributed by atoms with Crippen LogP contribution in [0.25, 0.3) is 0 Å². The summed E-state index contributed by atoms with van der Waals surface area (Å²) in [6.07, 6.45) is 0.735. The SMILES string of the molecule is O=C(CCC(=O)c1cccs1)NC[C@H]1CN(c2cccc(F)c2C2CCNCC2)C(=O)O1. The third-order valence-electron chi connectivity index (χ3n) is 5.84. The molecule has 2 saturated heterocycles. The van der Waals surface area contributed by atoms with Crippen LogP contribution in [0, 0.1) is 5.82 Å². The number of halogens is 1. The van der Waals surface area contributed by atoms with Crippen LogP contribution in [0.15, 0.2) is 35.7 Å². The van der Waals surface area contributed by atoms with Gasteiger partial charge >= 0.3 is 6.09 Å². The molecule has 0 spiro atoms. The molecule has 170 valence electrons. The minimum Gasteiger partial charge on any atom is -0.442 e. The molecule has 2 aromatic rings. The number of hydrogen-bond donors (Lipinski definition) is 2. The zero-order valence-electron chi connectivity index (χ0n) is 17.6. The molecule has 2 aliphatic rings. The van der Waals surface area contributed by atoms with Crippen LogP contribution < -0.4 is 15.5 Å². The lowest BCUT2D eigenvalue weighted by Gasteiger charge is -2.27. The number of carbonyl (C=O) groups is 3. The second-order valence-electron chi connectivity index (χ2n) is 8.02. The third-order valence-corrected chi connectivity index (χ3v) is 6.76. The minimum atomic E-state index is -0.544. The van der Waals surface area contributed by atoms with Crippen LogP contribution in [0.2, 0.25) is 0 Å². The van der Waals surface area contributed by atoms with Gasteiger partial charge in [-0.25, -0.2) is 9.18 Å². The van der Waals surface area contributed by atoms with Crippen LogP contribution >= 0.6 is 11.3 Å². The minimum absolute atomic E-state index is 0.0416. The fourth-order valence-electron chi connectivity index (χ4n) is 4.20. The summed E-state index contributed by atoms with van der Waals surface area (Å²) in [4.78, 5) is 38.8. The molecule has 0 unspecified atom stereocenters. The van der Waals surface area contributed by atoms with Gasteiger partial charge in [0.25, 0.3) is 0 Å². The molecule has 1 aromatic carbocycles. The maximum Gasteiger partial charge on any atom is 0.414 e. The van der Waals surface area contributed by atoms with Gasteiger partial charge in [0, 0.05) is 18.4 Å². The summed E-state index contributed by atoms with van der Waals surface area (Å²) >= 11 is 1.35. The summed E-state index contributed by atoms with van der Waals surface area (Å²) in [5, 5.41) is 7.83. The average Bonchev–Trinajstić information content (AvgIpc) is 3.46. The highest BCUT2D eigenvalue weighted by Crippen LogP contribution is 2.36. The molecule has 2 aliphatic heterocycles. The van der Waals surface area contributed by atoms with Gasteiger partial charge in [0.1, 0.15) is 11.9 Å². The van der Waals surface area contributed by atoms with Crippen molar-refractivity contribution in [2.24, 2.45) is 0 Å². The molecule has 1 atom stereocenters. The number of ketones is 1. The number of ether oxygens (including phenoxy) is 1. The second kappa shape index (κ2) is 10.2. The fourth-order valence-corrected chi connectivity index (χ4v) is 4.90. The van der Waals surface area contributed by atoms with E-state index < -0.39 is 12.2 Å². The summed E-state index contributed by atoms with van der Waals surface area (Å²) in [5.41, 5.74) is 1.10. The van der Waals surface area contributed by atoms with Crippen molar-refractivity contribution < 1.29 is 23.5 Å². The summed E-state index contributed by atoms with van der Waals surface area (Å²) in [6, 6.07) is 8.31. The Bertz CT molecular complexity index is 976. The topological polar surface area (TPSA) is 87.7 Å². The summed E-state index contributed by atoms with van der Waals surface area (Å²) in [6.45, 7) is 2.00. The lowest BCUT2D eigenvalue weighted by atomic mass is 9.88. The van der Waals surface area contributed by atoms with Crippen molar-refractivity contribution in [1.82, 2.24) is 10.6 Å². The van der Waals surface area contributed by atoms with E-state index in [1.165, 1.54) is 22.3 Å². The number of rotatable bonds is 8. The molecule has 2 fully saturated rings. The molecule has 7 nitrogen and oxygen atoms in total. The lowest BCUT2D eigenvalue weighted by molar-refractivity contribution is -0.121. The average molecular weight is 460 g/mol. The highest BCUT2D eigenvalue weighted by molar-refractivity contribution is 7.12. The standard InChI is InChI=1S/C23H26FN3O4S/c24-17-3-1-4-18(22(17)15-8-10-25-11-9-15)27-14-16(31-23(27)30)13-26-21(29)7-6-19(28)20-5-2-12-32-20/h1-5,12,15-16,25H,6-11,13-14H2,(H,26,29)/t16-/m0/s1. The van der Waals surface area contributed by atoms with E-state index in [9.17, 15) is 18.8 Å². The Balaban J connectivity index is 1.33. The zero-order valence-corrected chi connectivity index (χ0v) is 18.5. The summed E-state index contributed by atoms with van der Waals surface area (Å²) in [5.74, 6) is -0.607. The molecule has 0 saturated carbocycles. The number of hydrogen-bond acceptors (Lipinski definition) is 6. The highest BCUT2D eigenvalue weighted by atomic mass is 32.1. The van der Waals surface area contributed by atoms with E-state index in [1.54, 1.807) is 24.3 Å². The Kier molecular flexibility index (Phi) is 7.16. The Morgan fingerprint density at radius 3 is 2.75 bits per heavy atom. The van der Waals surface area contributed by atoms with Gasteiger partial charge in [-0.05, 0) is 55.4 Å². The Hall–Kier alpha value is -2.78. The first kappa shape index (κ1) is 22.4. The molecule has 2 amide bonds. The van der Waals surface area contributed by atoms with Gasteiger partial charge < -0.3 is 15.4 Å². The molecule has 2 N–H and O–H groups in total. The van der Waals surface area contributed by atoms with E-state index in [0.29, 0.717) is 16.1 Å². The number of thiophene rings is 1. The van der Waals surface area contributed by atoms with Crippen molar-refractivity contribution in [3.8, 4) is 0 Å². The van der Waals surface area contributed by atoms with Gasteiger partial charge in [-0.1, -0.05) is 12.1 Å². The van der Waals surface area contributed by atoms with Crippen molar-refractivity contribution in [3.63, 3.8) is 0 Å². The number of nitrogens with zero attached hydrogens (tertiary/aromatic N) is 1. The van der Waals surface area contributed by atoms with E-state index in [4.69, 9.17) is 4.74 Å². The first-order valence-electron chi connectivity index (χ1n) is 10.8. The monoisotopic (exact) mass is 459 g/mol. The Morgan fingerprint density at radius 1 is 1.19 bits per heavy atom. The van der Waals surface area contributed by atoms with Gasteiger partial charge in [0.2, 0.25) is 5.91 Å². The highest BCUT2D eigenvalue weighted by Gasteiger charge is 2.35. The van der Waals surface area contributed by atoms with Gasteiger partial charge in [-0.3, -0.25) is 14.5 Å². The molecular weight excluding hydrogens is 433 g/mol. The first-order chi connectivity index (χ1) is 15.5. The van der Waals surface area contributed by atoms with Crippen molar-refractivity contribution in [1.29, 1.82) is 0 Å². The number of cyclic esters (lactones) is 1. The van der Waals surface area contributed by atoms with Crippen LogP contribution in [-0.4, -0.2) is 50.1 Å². The van der Waals surface area contributed by atoms with Crippen LogP contribution in [-0.2, 0) is 9.53 Å². The van der Waals surface area contributed by atoms with Crippen molar-refractivity contribution in [2.45, 2.75) is 37.7 Å². The maximum atomic E-state index is 14.7. The predicted octanol–water partition coefficient (Wildman–Crippen LogP) is 3.46. The summed E-state index contributed by atoms with van der Waals surface area (Å²) in [7, 11) is 0. The number of Topliss-reactive ketones (excluding diaryl/α,β-unsaturated/α-hetero) is 1. The smallest absolute Gasteiger partial charge is 0.414 e. The van der Waals surface area contributed by atoms with Crippen molar-refractivity contribution >= 4 is 34.8 Å². The first-order valence-corrected chi connectivity index (χ1v) is 11.7. The Labute approximate surface area is 189 Å². The molecule has 32 heavy (non-hydrogen) atoms. The van der Waals surface area contributed by atoms with Crippen LogP contribution in [0.3, 0.4) is 0 Å². The fraction of sp³-hybridized carbons (Fsp3) is 0.435. The van der Waals surface area contributed by atoms with Gasteiger partial charge in [-0.2, -0.15) is 0 Å². The van der Waals surface area contributed by atoms with Crippen LogP contribution in [0.5, 0.6) is 0 Å². The molecule has 9 heteroatoms. The molecule has 4 rings (SSSR count). The Morgan fingerprint density at radius 2 is 2.00 bits per heavy atom. The van der Waals surface area contributed by atoms with E-state index >= 15 is 0 Å². The van der Waals surface area contributed by atoms with Crippen LogP contribution in [0.4, 0.5) is 14.9 Å². The number of benzene rings is 1. The molecule has 0 radical (unpaired) electrons. The second-order valence-corrected chi connectivity index (χ2v) is 8.97. The molecule has 3 heterocycles. The molecule has 1 aromatic heterocycles.